The van der Waals surface area contributed by atoms with Crippen LogP contribution >= 0.6 is 0 Å². The third-order valence-corrected chi connectivity index (χ3v) is 6.11. The fourth-order valence-electron chi connectivity index (χ4n) is 4.76. The number of piperidine rings is 1. The van der Waals surface area contributed by atoms with Gasteiger partial charge >= 0.3 is 0 Å². The van der Waals surface area contributed by atoms with Crippen LogP contribution in [0, 0.1) is 18.8 Å². The fourth-order valence-corrected chi connectivity index (χ4v) is 4.76. The van der Waals surface area contributed by atoms with Crippen molar-refractivity contribution in [2.45, 2.75) is 52.0 Å². The minimum atomic E-state index is 0.149. The Balaban J connectivity index is 1.66. The van der Waals surface area contributed by atoms with Crippen LogP contribution in [0.4, 0.5) is 0 Å². The van der Waals surface area contributed by atoms with Gasteiger partial charge in [-0.2, -0.15) is 5.10 Å². The average molecular weight is 326 g/mol. The fraction of sp³-hybridized carbons (Fsp3) is 0.632. The van der Waals surface area contributed by atoms with Crippen LogP contribution in [0.5, 0.6) is 0 Å². The molecule has 4 rings (SSSR count). The third kappa shape index (κ3) is 2.41. The summed E-state index contributed by atoms with van der Waals surface area (Å²) in [6.07, 6.45) is 7.83. The van der Waals surface area contributed by atoms with Crippen molar-refractivity contribution in [2.75, 3.05) is 6.54 Å². The Hall–Kier alpha value is -1.91. The van der Waals surface area contributed by atoms with Crippen molar-refractivity contribution >= 4 is 16.9 Å². The van der Waals surface area contributed by atoms with E-state index in [9.17, 15) is 4.79 Å². The van der Waals surface area contributed by atoms with Crippen LogP contribution in [0.25, 0.3) is 11.0 Å². The second kappa shape index (κ2) is 5.87. The number of fused-ring (bicyclic) bond motifs is 2. The highest BCUT2D eigenvalue weighted by atomic mass is 16.2. The number of hydrogen-bond donors (Lipinski definition) is 0. The van der Waals surface area contributed by atoms with Crippen LogP contribution in [-0.2, 0) is 7.05 Å². The number of likely N-dealkylation sites (tertiary alicyclic amines) is 1. The molecule has 0 radical (unpaired) electrons. The van der Waals surface area contributed by atoms with Gasteiger partial charge in [0.1, 0.15) is 0 Å². The van der Waals surface area contributed by atoms with Crippen LogP contribution < -0.4 is 0 Å². The molecular weight excluding hydrogens is 300 g/mol. The number of rotatable bonds is 1. The molecule has 0 unspecified atom stereocenters. The standard InChI is InChI=1S/C19H26N4O/c1-12-8-9-23(17-7-5-4-6-15(12)17)19(24)14-10-16-13(2)21-22(3)18(16)20-11-14/h10-12,15,17H,4-9H2,1-3H3/t12-,15+,17+/m0/s1. The lowest BCUT2D eigenvalue weighted by Gasteiger charge is -2.47. The molecule has 3 heterocycles. The molecule has 1 saturated carbocycles. The summed E-state index contributed by atoms with van der Waals surface area (Å²) in [6, 6.07) is 2.39. The lowest BCUT2D eigenvalue weighted by atomic mass is 9.72. The van der Waals surface area contributed by atoms with Crippen molar-refractivity contribution < 1.29 is 4.79 Å². The molecule has 0 aromatic carbocycles. The van der Waals surface area contributed by atoms with E-state index in [0.717, 1.165) is 42.0 Å². The van der Waals surface area contributed by atoms with E-state index in [1.807, 2.05) is 20.0 Å². The molecule has 3 atom stereocenters. The molecule has 1 amide bonds. The Morgan fingerprint density at radius 3 is 2.88 bits per heavy atom. The molecule has 0 spiro atoms. The highest BCUT2D eigenvalue weighted by Crippen LogP contribution is 2.39. The molecular formula is C19H26N4O. The van der Waals surface area contributed by atoms with Crippen molar-refractivity contribution in [2.24, 2.45) is 18.9 Å². The third-order valence-electron chi connectivity index (χ3n) is 6.11. The van der Waals surface area contributed by atoms with Gasteiger partial charge in [-0.05, 0) is 44.1 Å². The quantitative estimate of drug-likeness (QED) is 0.808. The average Bonchev–Trinajstić information content (AvgIpc) is 2.89. The maximum Gasteiger partial charge on any atom is 0.255 e. The Labute approximate surface area is 143 Å². The van der Waals surface area contributed by atoms with Gasteiger partial charge < -0.3 is 4.90 Å². The van der Waals surface area contributed by atoms with Gasteiger partial charge in [0.25, 0.3) is 5.91 Å². The van der Waals surface area contributed by atoms with Gasteiger partial charge in [0.15, 0.2) is 5.65 Å². The van der Waals surface area contributed by atoms with E-state index in [1.165, 1.54) is 19.3 Å². The van der Waals surface area contributed by atoms with E-state index in [4.69, 9.17) is 0 Å². The van der Waals surface area contributed by atoms with Gasteiger partial charge in [-0.25, -0.2) is 4.98 Å². The summed E-state index contributed by atoms with van der Waals surface area (Å²) >= 11 is 0. The van der Waals surface area contributed by atoms with E-state index in [0.29, 0.717) is 17.5 Å². The summed E-state index contributed by atoms with van der Waals surface area (Å²) in [4.78, 5) is 19.8. The van der Waals surface area contributed by atoms with Crippen LogP contribution in [0.15, 0.2) is 12.3 Å². The normalized spacial score (nSPS) is 27.3. The number of nitrogens with zero attached hydrogens (tertiary/aromatic N) is 4. The number of amides is 1. The van der Waals surface area contributed by atoms with E-state index in [-0.39, 0.29) is 5.91 Å². The van der Waals surface area contributed by atoms with Gasteiger partial charge in [0.2, 0.25) is 0 Å². The number of pyridine rings is 1. The van der Waals surface area contributed by atoms with E-state index >= 15 is 0 Å². The molecule has 1 saturated heterocycles. The maximum absolute atomic E-state index is 13.2. The molecule has 0 bridgehead atoms. The topological polar surface area (TPSA) is 51.0 Å². The molecule has 5 nitrogen and oxygen atoms in total. The number of carbonyl (C=O) groups excluding carboxylic acids is 1. The van der Waals surface area contributed by atoms with Crippen molar-refractivity contribution in [1.82, 2.24) is 19.7 Å². The first-order chi connectivity index (χ1) is 11.6. The monoisotopic (exact) mass is 326 g/mol. The zero-order valence-electron chi connectivity index (χ0n) is 14.8. The van der Waals surface area contributed by atoms with Crippen LogP contribution in [0.2, 0.25) is 0 Å². The molecule has 0 N–H and O–H groups in total. The second-order valence-electron chi connectivity index (χ2n) is 7.58. The van der Waals surface area contributed by atoms with Gasteiger partial charge in [0.05, 0.1) is 11.3 Å². The summed E-state index contributed by atoms with van der Waals surface area (Å²) in [6.45, 7) is 5.21. The van der Waals surface area contributed by atoms with Crippen molar-refractivity contribution in [3.63, 3.8) is 0 Å². The van der Waals surface area contributed by atoms with Crippen molar-refractivity contribution in [3.8, 4) is 0 Å². The molecule has 1 aliphatic carbocycles. The molecule has 2 aromatic heterocycles. The summed E-state index contributed by atoms with van der Waals surface area (Å²) < 4.78 is 1.78. The highest BCUT2D eigenvalue weighted by Gasteiger charge is 2.39. The molecule has 128 valence electrons. The molecule has 5 heteroatoms. The van der Waals surface area contributed by atoms with Crippen molar-refractivity contribution in [1.29, 1.82) is 0 Å². The lowest BCUT2D eigenvalue weighted by molar-refractivity contribution is 0.0217. The van der Waals surface area contributed by atoms with Gasteiger partial charge in [-0.15, -0.1) is 0 Å². The Morgan fingerprint density at radius 2 is 2.04 bits per heavy atom. The molecule has 2 aromatic rings. The lowest BCUT2D eigenvalue weighted by Crippen LogP contribution is -2.52. The predicted molar refractivity (Wildman–Crippen MR) is 93.8 cm³/mol. The van der Waals surface area contributed by atoms with Gasteiger partial charge in [0, 0.05) is 31.2 Å². The Morgan fingerprint density at radius 1 is 1.25 bits per heavy atom. The Kier molecular flexibility index (Phi) is 3.82. The smallest absolute Gasteiger partial charge is 0.255 e. The van der Waals surface area contributed by atoms with E-state index in [2.05, 4.69) is 21.9 Å². The molecule has 1 aliphatic heterocycles. The number of aromatic nitrogens is 3. The minimum absolute atomic E-state index is 0.149. The largest absolute Gasteiger partial charge is 0.335 e. The maximum atomic E-state index is 13.2. The summed E-state index contributed by atoms with van der Waals surface area (Å²) in [5.41, 5.74) is 2.47. The van der Waals surface area contributed by atoms with Crippen LogP contribution in [0.3, 0.4) is 0 Å². The van der Waals surface area contributed by atoms with Gasteiger partial charge in [-0.1, -0.05) is 19.8 Å². The second-order valence-corrected chi connectivity index (χ2v) is 7.58. The van der Waals surface area contributed by atoms with Crippen molar-refractivity contribution in [3.05, 3.63) is 23.5 Å². The summed E-state index contributed by atoms with van der Waals surface area (Å²) in [7, 11) is 1.89. The number of hydrogen-bond acceptors (Lipinski definition) is 3. The first kappa shape index (κ1) is 15.6. The molecule has 2 aliphatic rings. The molecule has 2 fully saturated rings. The first-order valence-electron chi connectivity index (χ1n) is 9.16. The minimum Gasteiger partial charge on any atom is -0.335 e. The zero-order valence-corrected chi connectivity index (χ0v) is 14.8. The highest BCUT2D eigenvalue weighted by molar-refractivity contribution is 5.97. The number of carbonyl (C=O) groups is 1. The van der Waals surface area contributed by atoms with E-state index < -0.39 is 0 Å². The first-order valence-corrected chi connectivity index (χ1v) is 9.16. The van der Waals surface area contributed by atoms with E-state index in [1.54, 1.807) is 10.9 Å². The predicted octanol–water partition coefficient (Wildman–Crippen LogP) is 3.32. The van der Waals surface area contributed by atoms with Gasteiger partial charge in [-0.3, -0.25) is 9.48 Å². The summed E-state index contributed by atoms with van der Waals surface area (Å²) in [5, 5.41) is 5.39. The Bertz CT molecular complexity index is 781. The zero-order chi connectivity index (χ0) is 16.8. The summed E-state index contributed by atoms with van der Waals surface area (Å²) in [5.74, 6) is 1.56. The SMILES string of the molecule is Cc1nn(C)c2ncc(C(=O)N3CC[C@H](C)[C@H]4CCCC[C@H]43)cc12. The van der Waals surface area contributed by atoms with Crippen LogP contribution in [-0.4, -0.2) is 38.2 Å². The molecule has 24 heavy (non-hydrogen) atoms. The van der Waals surface area contributed by atoms with Crippen LogP contribution in [0.1, 0.15) is 55.1 Å². The number of aryl methyl sites for hydroxylation is 2.